The topological polar surface area (TPSA) is 23.6 Å². The molecule has 1 heterocycles. The summed E-state index contributed by atoms with van der Waals surface area (Å²) in [7, 11) is 0. The maximum atomic E-state index is 12.3. The molecule has 0 saturated carbocycles. The number of hydrogen-bond acceptors (Lipinski definition) is 1. The van der Waals surface area contributed by atoms with Gasteiger partial charge in [-0.25, -0.2) is 4.79 Å². The van der Waals surface area contributed by atoms with E-state index in [4.69, 9.17) is 0 Å². The van der Waals surface area contributed by atoms with E-state index in [0.717, 1.165) is 19.5 Å². The molecular weight excluding hydrogens is 200 g/mol. The van der Waals surface area contributed by atoms with Crippen molar-refractivity contribution < 1.29 is 4.79 Å². The minimum absolute atomic E-state index is 0.168. The van der Waals surface area contributed by atoms with Gasteiger partial charge in [0.05, 0.1) is 0 Å². The molecule has 0 aromatic heterocycles. The quantitative estimate of drug-likeness (QED) is 0.676. The molecule has 0 radical (unpaired) electrons. The molecule has 1 rings (SSSR count). The summed E-state index contributed by atoms with van der Waals surface area (Å²) in [6.45, 7) is 12.5. The van der Waals surface area contributed by atoms with Crippen molar-refractivity contribution in [1.82, 2.24) is 9.80 Å². The molecule has 0 aliphatic carbocycles. The average Bonchev–Trinajstić information content (AvgIpc) is 2.24. The fourth-order valence-corrected chi connectivity index (χ4v) is 2.19. The van der Waals surface area contributed by atoms with Gasteiger partial charge in [-0.15, -0.1) is 6.58 Å². The van der Waals surface area contributed by atoms with Gasteiger partial charge in [-0.3, -0.25) is 0 Å². The van der Waals surface area contributed by atoms with Crippen molar-refractivity contribution in [3.8, 4) is 0 Å². The van der Waals surface area contributed by atoms with Gasteiger partial charge in [-0.05, 0) is 32.6 Å². The predicted molar refractivity (Wildman–Crippen MR) is 67.4 cm³/mol. The summed E-state index contributed by atoms with van der Waals surface area (Å²) >= 11 is 0. The van der Waals surface area contributed by atoms with Gasteiger partial charge in [-0.1, -0.05) is 13.0 Å². The van der Waals surface area contributed by atoms with Crippen LogP contribution in [0.4, 0.5) is 4.79 Å². The molecular formula is C13H24N2O. The Morgan fingerprint density at radius 3 is 2.81 bits per heavy atom. The monoisotopic (exact) mass is 224 g/mol. The largest absolute Gasteiger partial charge is 0.324 e. The third-order valence-electron chi connectivity index (χ3n) is 3.12. The molecule has 0 aromatic carbocycles. The van der Waals surface area contributed by atoms with Gasteiger partial charge in [0.15, 0.2) is 0 Å². The molecule has 0 N–H and O–H groups in total. The molecule has 2 amide bonds. The molecule has 1 fully saturated rings. The third-order valence-corrected chi connectivity index (χ3v) is 3.12. The standard InChI is InChI=1S/C13H24N2O/c1-5-8-15(11(2)3)13(16)14-9-6-7-12(4)10-14/h5,11-12H,1,6-10H2,2-4H3. The van der Waals surface area contributed by atoms with E-state index in [1.165, 1.54) is 6.42 Å². The number of amides is 2. The number of piperidine rings is 1. The van der Waals surface area contributed by atoms with E-state index >= 15 is 0 Å². The van der Waals surface area contributed by atoms with Gasteiger partial charge in [-0.2, -0.15) is 0 Å². The lowest BCUT2D eigenvalue weighted by Crippen LogP contribution is -2.49. The smallest absolute Gasteiger partial charge is 0.320 e. The Balaban J connectivity index is 2.62. The van der Waals surface area contributed by atoms with Gasteiger partial charge in [0.2, 0.25) is 0 Å². The number of urea groups is 1. The fraction of sp³-hybridized carbons (Fsp3) is 0.769. The second-order valence-corrected chi connectivity index (χ2v) is 5.01. The summed E-state index contributed by atoms with van der Waals surface area (Å²) in [6, 6.07) is 0.407. The van der Waals surface area contributed by atoms with E-state index in [0.29, 0.717) is 12.5 Å². The van der Waals surface area contributed by atoms with E-state index < -0.39 is 0 Å². The maximum Gasteiger partial charge on any atom is 0.320 e. The van der Waals surface area contributed by atoms with Crippen LogP contribution in [0.3, 0.4) is 0 Å². The van der Waals surface area contributed by atoms with Crippen LogP contribution in [0.5, 0.6) is 0 Å². The lowest BCUT2D eigenvalue weighted by Gasteiger charge is -2.36. The van der Waals surface area contributed by atoms with Crippen LogP contribution in [0.25, 0.3) is 0 Å². The van der Waals surface area contributed by atoms with Crippen LogP contribution in [0.2, 0.25) is 0 Å². The van der Waals surface area contributed by atoms with Gasteiger partial charge in [0, 0.05) is 25.7 Å². The van der Waals surface area contributed by atoms with Gasteiger partial charge >= 0.3 is 6.03 Å². The molecule has 3 heteroatoms. The number of likely N-dealkylation sites (tertiary alicyclic amines) is 1. The van der Waals surface area contributed by atoms with Crippen LogP contribution >= 0.6 is 0 Å². The molecule has 16 heavy (non-hydrogen) atoms. The molecule has 1 atom stereocenters. The number of nitrogens with zero attached hydrogens (tertiary/aromatic N) is 2. The molecule has 0 bridgehead atoms. The Hall–Kier alpha value is -0.990. The summed E-state index contributed by atoms with van der Waals surface area (Å²) in [5.41, 5.74) is 0. The molecule has 1 unspecified atom stereocenters. The van der Waals surface area contributed by atoms with Crippen LogP contribution in [0, 0.1) is 5.92 Å². The van der Waals surface area contributed by atoms with Crippen molar-refractivity contribution >= 4 is 6.03 Å². The van der Waals surface area contributed by atoms with E-state index in [1.807, 2.05) is 9.80 Å². The van der Waals surface area contributed by atoms with Crippen molar-refractivity contribution in [2.24, 2.45) is 5.92 Å². The summed E-state index contributed by atoms with van der Waals surface area (Å²) in [5, 5.41) is 0. The van der Waals surface area contributed by atoms with Gasteiger partial charge in [0.1, 0.15) is 0 Å². The van der Waals surface area contributed by atoms with E-state index in [-0.39, 0.29) is 12.1 Å². The van der Waals surface area contributed by atoms with Crippen molar-refractivity contribution in [1.29, 1.82) is 0 Å². The molecule has 0 spiro atoms. The Labute approximate surface area is 99.1 Å². The van der Waals surface area contributed by atoms with Crippen LogP contribution in [-0.2, 0) is 0 Å². The zero-order chi connectivity index (χ0) is 12.1. The van der Waals surface area contributed by atoms with Gasteiger partial charge in [0.25, 0.3) is 0 Å². The first kappa shape index (κ1) is 13.1. The molecule has 1 aliphatic rings. The van der Waals surface area contributed by atoms with Crippen molar-refractivity contribution in [2.75, 3.05) is 19.6 Å². The predicted octanol–water partition coefficient (Wildman–Crippen LogP) is 2.73. The molecule has 1 aliphatic heterocycles. The van der Waals surface area contributed by atoms with Crippen molar-refractivity contribution in [3.05, 3.63) is 12.7 Å². The first-order chi connectivity index (χ1) is 7.56. The summed E-state index contributed by atoms with van der Waals surface area (Å²) in [5.74, 6) is 0.635. The third kappa shape index (κ3) is 3.26. The van der Waals surface area contributed by atoms with Crippen molar-refractivity contribution in [3.63, 3.8) is 0 Å². The summed E-state index contributed by atoms with van der Waals surface area (Å²) in [4.78, 5) is 16.1. The first-order valence-electron chi connectivity index (χ1n) is 6.22. The lowest BCUT2D eigenvalue weighted by atomic mass is 10.0. The Morgan fingerprint density at radius 1 is 1.62 bits per heavy atom. The number of rotatable bonds is 3. The normalized spacial score (nSPS) is 21.0. The Kier molecular flexibility index (Phi) is 4.84. The van der Waals surface area contributed by atoms with E-state index in [9.17, 15) is 4.79 Å². The second-order valence-electron chi connectivity index (χ2n) is 5.01. The Bertz CT molecular complexity index is 250. The molecule has 0 aromatic rings. The van der Waals surface area contributed by atoms with Crippen LogP contribution < -0.4 is 0 Å². The number of carbonyl (C=O) groups is 1. The molecule has 92 valence electrons. The van der Waals surface area contributed by atoms with Crippen LogP contribution in [-0.4, -0.2) is 41.5 Å². The highest BCUT2D eigenvalue weighted by molar-refractivity contribution is 5.75. The minimum atomic E-state index is 0.168. The van der Waals surface area contributed by atoms with E-state index in [1.54, 1.807) is 6.08 Å². The Morgan fingerprint density at radius 2 is 2.31 bits per heavy atom. The highest BCUT2D eigenvalue weighted by Gasteiger charge is 2.25. The van der Waals surface area contributed by atoms with Crippen LogP contribution in [0.15, 0.2) is 12.7 Å². The zero-order valence-electron chi connectivity index (χ0n) is 10.8. The zero-order valence-corrected chi connectivity index (χ0v) is 10.8. The highest BCUT2D eigenvalue weighted by atomic mass is 16.2. The number of hydrogen-bond donors (Lipinski definition) is 0. The lowest BCUT2D eigenvalue weighted by molar-refractivity contribution is 0.125. The van der Waals surface area contributed by atoms with Crippen LogP contribution in [0.1, 0.15) is 33.6 Å². The molecule has 1 saturated heterocycles. The molecule has 3 nitrogen and oxygen atoms in total. The minimum Gasteiger partial charge on any atom is -0.324 e. The highest BCUT2D eigenvalue weighted by Crippen LogP contribution is 2.17. The summed E-state index contributed by atoms with van der Waals surface area (Å²) < 4.78 is 0. The summed E-state index contributed by atoms with van der Waals surface area (Å²) in [6.07, 6.45) is 4.17. The second kappa shape index (κ2) is 5.92. The van der Waals surface area contributed by atoms with Gasteiger partial charge < -0.3 is 9.80 Å². The average molecular weight is 224 g/mol. The van der Waals surface area contributed by atoms with E-state index in [2.05, 4.69) is 27.4 Å². The maximum absolute atomic E-state index is 12.3. The number of carbonyl (C=O) groups excluding carboxylic acids is 1. The SMILES string of the molecule is C=CCN(C(=O)N1CCCC(C)C1)C(C)C. The first-order valence-corrected chi connectivity index (χ1v) is 6.22. The van der Waals surface area contributed by atoms with Crippen molar-refractivity contribution in [2.45, 2.75) is 39.7 Å². The fourth-order valence-electron chi connectivity index (χ4n) is 2.19.